The number of furan rings is 1. The summed E-state index contributed by atoms with van der Waals surface area (Å²) in [5.41, 5.74) is 3.70. The molecule has 3 aromatic rings. The second-order valence-electron chi connectivity index (χ2n) is 7.30. The highest BCUT2D eigenvalue weighted by atomic mass is 35.5. The number of nitrogens with zero attached hydrogens (tertiary/aromatic N) is 1. The van der Waals surface area contributed by atoms with Gasteiger partial charge in [-0.1, -0.05) is 23.4 Å². The molecule has 0 aliphatic carbocycles. The van der Waals surface area contributed by atoms with Crippen molar-refractivity contribution in [1.29, 1.82) is 0 Å². The van der Waals surface area contributed by atoms with E-state index in [0.29, 0.717) is 28.4 Å². The fraction of sp³-hybridized carbons (Fsp3) is 0.120. The molecule has 1 aromatic heterocycles. The van der Waals surface area contributed by atoms with Gasteiger partial charge in [0.15, 0.2) is 4.32 Å². The maximum Gasteiger partial charge on any atom is 0.339 e. The van der Waals surface area contributed by atoms with Gasteiger partial charge in [0.2, 0.25) is 0 Å². The van der Waals surface area contributed by atoms with Crippen molar-refractivity contribution in [3.05, 3.63) is 81.4 Å². The largest absolute Gasteiger partial charge is 0.497 e. The van der Waals surface area contributed by atoms with Crippen molar-refractivity contribution in [3.63, 3.8) is 0 Å². The van der Waals surface area contributed by atoms with E-state index in [1.54, 1.807) is 61.5 Å². The van der Waals surface area contributed by atoms with Gasteiger partial charge in [0.25, 0.3) is 11.8 Å². The molecule has 0 radical (unpaired) electrons. The zero-order valence-corrected chi connectivity index (χ0v) is 21.5. The second kappa shape index (κ2) is 11.0. The van der Waals surface area contributed by atoms with E-state index in [-0.39, 0.29) is 26.4 Å². The van der Waals surface area contributed by atoms with Crippen LogP contribution in [0.5, 0.6) is 5.75 Å². The van der Waals surface area contributed by atoms with Crippen LogP contribution in [0.2, 0.25) is 5.02 Å². The van der Waals surface area contributed by atoms with Crippen LogP contribution in [0.15, 0.2) is 63.9 Å². The number of hydrogen-bond acceptors (Lipinski definition) is 8. The Balaban J connectivity index is 1.50. The third-order valence-electron chi connectivity index (χ3n) is 5.01. The second-order valence-corrected chi connectivity index (χ2v) is 9.39. The van der Waals surface area contributed by atoms with E-state index >= 15 is 0 Å². The molecule has 36 heavy (non-hydrogen) atoms. The van der Waals surface area contributed by atoms with Gasteiger partial charge in [0, 0.05) is 17.2 Å². The molecule has 0 unspecified atom stereocenters. The molecule has 4 rings (SSSR count). The van der Waals surface area contributed by atoms with Crippen LogP contribution in [-0.2, 0) is 9.53 Å². The molecule has 0 bridgehead atoms. The van der Waals surface area contributed by atoms with Gasteiger partial charge in [-0.3, -0.25) is 15.0 Å². The van der Waals surface area contributed by atoms with Crippen molar-refractivity contribution in [2.24, 2.45) is 0 Å². The number of esters is 1. The Morgan fingerprint density at radius 1 is 1.17 bits per heavy atom. The summed E-state index contributed by atoms with van der Waals surface area (Å²) in [6.45, 7) is 1.94. The highest BCUT2D eigenvalue weighted by Crippen LogP contribution is 2.33. The summed E-state index contributed by atoms with van der Waals surface area (Å²) < 4.78 is 16.2. The number of hydrogen-bond donors (Lipinski definition) is 1. The first-order chi connectivity index (χ1) is 17.3. The Morgan fingerprint density at radius 3 is 2.61 bits per heavy atom. The van der Waals surface area contributed by atoms with Crippen molar-refractivity contribution >= 4 is 63.8 Å². The molecule has 2 aromatic carbocycles. The first-order valence-electron chi connectivity index (χ1n) is 10.6. The number of thiocarbonyl (C=S) groups is 1. The van der Waals surface area contributed by atoms with E-state index in [1.807, 2.05) is 0 Å². The molecule has 0 atom stereocenters. The lowest BCUT2D eigenvalue weighted by molar-refractivity contribution is -0.123. The van der Waals surface area contributed by atoms with Gasteiger partial charge in [-0.15, -0.1) is 0 Å². The molecular weight excluding hydrogens is 524 g/mol. The normalized spacial score (nSPS) is 14.3. The summed E-state index contributed by atoms with van der Waals surface area (Å²) >= 11 is 12.4. The number of benzene rings is 2. The SMILES string of the molecule is CCOC(=O)c1cc(-c2ccc(/C=C3/SC(=S)N(NC(=O)c4ccc(OC)cc4)C3=O)o2)ccc1Cl. The van der Waals surface area contributed by atoms with Crippen LogP contribution in [0.4, 0.5) is 0 Å². The highest BCUT2D eigenvalue weighted by molar-refractivity contribution is 8.26. The van der Waals surface area contributed by atoms with Gasteiger partial charge in [0.1, 0.15) is 17.3 Å². The zero-order chi connectivity index (χ0) is 25.8. The summed E-state index contributed by atoms with van der Waals surface area (Å²) in [7, 11) is 1.53. The Kier molecular flexibility index (Phi) is 7.78. The quantitative estimate of drug-likeness (QED) is 0.243. The van der Waals surface area contributed by atoms with Crippen molar-refractivity contribution in [3.8, 4) is 17.1 Å². The zero-order valence-electron chi connectivity index (χ0n) is 19.1. The van der Waals surface area contributed by atoms with E-state index in [9.17, 15) is 14.4 Å². The van der Waals surface area contributed by atoms with Crippen molar-refractivity contribution < 1.29 is 28.3 Å². The van der Waals surface area contributed by atoms with Crippen molar-refractivity contribution in [1.82, 2.24) is 10.4 Å². The van der Waals surface area contributed by atoms with Crippen LogP contribution in [0, 0.1) is 0 Å². The topological polar surface area (TPSA) is 98.1 Å². The van der Waals surface area contributed by atoms with E-state index in [1.165, 1.54) is 13.2 Å². The first-order valence-corrected chi connectivity index (χ1v) is 12.2. The molecule has 184 valence electrons. The Bertz CT molecular complexity index is 1380. The van der Waals surface area contributed by atoms with Gasteiger partial charge >= 0.3 is 5.97 Å². The van der Waals surface area contributed by atoms with Crippen LogP contribution in [0.3, 0.4) is 0 Å². The number of rotatable bonds is 7. The van der Waals surface area contributed by atoms with Crippen LogP contribution in [-0.4, -0.2) is 40.8 Å². The van der Waals surface area contributed by atoms with Crippen molar-refractivity contribution in [2.75, 3.05) is 13.7 Å². The molecule has 0 spiro atoms. The Morgan fingerprint density at radius 2 is 1.92 bits per heavy atom. The molecule has 1 fully saturated rings. The average Bonchev–Trinajstić information content (AvgIpc) is 3.44. The maximum atomic E-state index is 12.9. The van der Waals surface area contributed by atoms with Gasteiger partial charge < -0.3 is 13.9 Å². The molecule has 11 heteroatoms. The van der Waals surface area contributed by atoms with Gasteiger partial charge in [-0.05, 0) is 73.7 Å². The van der Waals surface area contributed by atoms with Crippen LogP contribution < -0.4 is 10.2 Å². The minimum Gasteiger partial charge on any atom is -0.497 e. The Hall–Kier alpha value is -3.60. The fourth-order valence-electron chi connectivity index (χ4n) is 3.23. The standard InChI is InChI=1S/C25H19ClN2O6S2/c1-3-33-24(31)18-12-15(6-10-19(18)26)20-11-9-17(34-20)13-21-23(30)28(25(35)36-21)27-22(29)14-4-7-16(32-2)8-5-14/h4-13H,3H2,1-2H3,(H,27,29)/b21-13+. The van der Waals surface area contributed by atoms with E-state index in [0.717, 1.165) is 16.8 Å². The van der Waals surface area contributed by atoms with Gasteiger partial charge in [-0.2, -0.15) is 5.01 Å². The minimum atomic E-state index is -0.531. The number of thioether (sulfide) groups is 1. The number of halogens is 1. The van der Waals surface area contributed by atoms with Crippen LogP contribution in [0.1, 0.15) is 33.4 Å². The molecule has 8 nitrogen and oxygen atoms in total. The fourth-order valence-corrected chi connectivity index (χ4v) is 4.59. The molecule has 1 N–H and O–H groups in total. The molecule has 1 saturated heterocycles. The lowest BCUT2D eigenvalue weighted by Crippen LogP contribution is -2.44. The van der Waals surface area contributed by atoms with Gasteiger partial charge in [-0.25, -0.2) is 4.79 Å². The number of ether oxygens (including phenoxy) is 2. The summed E-state index contributed by atoms with van der Waals surface area (Å²) in [5, 5.41) is 1.29. The van der Waals surface area contributed by atoms with Crippen LogP contribution >= 0.6 is 35.6 Å². The van der Waals surface area contributed by atoms with Gasteiger partial charge in [0.05, 0.1) is 29.2 Å². The monoisotopic (exact) mass is 542 g/mol. The van der Waals surface area contributed by atoms with E-state index in [4.69, 9.17) is 37.7 Å². The number of hydrazine groups is 1. The molecule has 1 aliphatic heterocycles. The number of carbonyl (C=O) groups excluding carboxylic acids is 3. The molecule has 0 saturated carbocycles. The number of nitrogens with one attached hydrogen (secondary N) is 1. The summed E-state index contributed by atoms with van der Waals surface area (Å²) in [6.07, 6.45) is 1.53. The highest BCUT2D eigenvalue weighted by Gasteiger charge is 2.34. The molecular formula is C25H19ClN2O6S2. The summed E-state index contributed by atoms with van der Waals surface area (Å²) in [4.78, 5) is 37.9. The third-order valence-corrected chi connectivity index (χ3v) is 6.64. The first kappa shape index (κ1) is 25.5. The summed E-state index contributed by atoms with van der Waals surface area (Å²) in [5.74, 6) is -0.0481. The minimum absolute atomic E-state index is 0.177. The number of methoxy groups -OCH3 is 1. The van der Waals surface area contributed by atoms with Crippen LogP contribution in [0.25, 0.3) is 17.4 Å². The summed E-state index contributed by atoms with van der Waals surface area (Å²) in [6, 6.07) is 14.7. The maximum absolute atomic E-state index is 12.9. The Labute approximate surface area is 221 Å². The smallest absolute Gasteiger partial charge is 0.339 e. The van der Waals surface area contributed by atoms with E-state index in [2.05, 4.69) is 5.43 Å². The van der Waals surface area contributed by atoms with E-state index < -0.39 is 17.8 Å². The average molecular weight is 543 g/mol. The molecule has 2 heterocycles. The number of amides is 2. The molecule has 2 amide bonds. The molecule has 1 aliphatic rings. The predicted octanol–water partition coefficient (Wildman–Crippen LogP) is 5.33. The predicted molar refractivity (Wildman–Crippen MR) is 141 cm³/mol. The number of carbonyl (C=O) groups is 3. The lowest BCUT2D eigenvalue weighted by Gasteiger charge is -2.15. The van der Waals surface area contributed by atoms with Crippen molar-refractivity contribution in [2.45, 2.75) is 6.92 Å². The third kappa shape index (κ3) is 5.46. The lowest BCUT2D eigenvalue weighted by atomic mass is 10.1.